The summed E-state index contributed by atoms with van der Waals surface area (Å²) in [6, 6.07) is 11.7. The number of benzene rings is 1. The Morgan fingerprint density at radius 2 is 2.05 bits per heavy atom. The van der Waals surface area contributed by atoms with Crippen LogP contribution in [0.2, 0.25) is 0 Å². The molecule has 0 spiro atoms. The molecule has 2 N–H and O–H groups in total. The lowest BCUT2D eigenvalue weighted by molar-refractivity contribution is -0.120. The summed E-state index contributed by atoms with van der Waals surface area (Å²) in [5.41, 5.74) is 2.11. The molecule has 2 aromatic rings. The van der Waals surface area contributed by atoms with Crippen LogP contribution >= 0.6 is 0 Å². The molecule has 0 radical (unpaired) electrons. The second kappa shape index (κ2) is 6.64. The van der Waals surface area contributed by atoms with Gasteiger partial charge in [0.1, 0.15) is 5.75 Å². The second-order valence-corrected chi connectivity index (χ2v) is 4.32. The number of rotatable bonds is 6. The highest BCUT2D eigenvalue weighted by atomic mass is 16.5. The van der Waals surface area contributed by atoms with Crippen molar-refractivity contribution in [3.05, 3.63) is 53.9 Å². The maximum absolute atomic E-state index is 11.6. The first kappa shape index (κ1) is 13.2. The smallest absolute Gasteiger partial charge is 0.225 e. The molecule has 0 saturated heterocycles. The molecule has 1 heterocycles. The Kier molecular flexibility index (Phi) is 4.61. The first-order valence-corrected chi connectivity index (χ1v) is 6.30. The quantitative estimate of drug-likeness (QED) is 0.831. The number of aromatic amines is 1. The molecule has 1 aromatic carbocycles. The zero-order chi connectivity index (χ0) is 13.5. The summed E-state index contributed by atoms with van der Waals surface area (Å²) in [4.78, 5) is 14.7. The number of methoxy groups -OCH3 is 1. The van der Waals surface area contributed by atoms with Crippen molar-refractivity contribution in [3.8, 4) is 5.75 Å². The zero-order valence-electron chi connectivity index (χ0n) is 11.0. The molecular formula is C15H18N2O2. The van der Waals surface area contributed by atoms with Gasteiger partial charge >= 0.3 is 0 Å². The zero-order valence-corrected chi connectivity index (χ0v) is 11.0. The fourth-order valence-electron chi connectivity index (χ4n) is 1.85. The fourth-order valence-corrected chi connectivity index (χ4v) is 1.85. The third-order valence-corrected chi connectivity index (χ3v) is 2.91. The molecule has 0 fully saturated rings. The first-order chi connectivity index (χ1) is 9.28. The summed E-state index contributed by atoms with van der Waals surface area (Å²) in [6.07, 6.45) is 3.04. The summed E-state index contributed by atoms with van der Waals surface area (Å²) in [7, 11) is 1.65. The molecule has 0 saturated carbocycles. The average molecular weight is 258 g/mol. The van der Waals surface area contributed by atoms with E-state index in [4.69, 9.17) is 4.74 Å². The van der Waals surface area contributed by atoms with E-state index >= 15 is 0 Å². The highest BCUT2D eigenvalue weighted by molar-refractivity contribution is 5.78. The van der Waals surface area contributed by atoms with E-state index in [9.17, 15) is 4.79 Å². The molecular weight excluding hydrogens is 240 g/mol. The molecule has 19 heavy (non-hydrogen) atoms. The van der Waals surface area contributed by atoms with Crippen LogP contribution in [0.25, 0.3) is 0 Å². The predicted molar refractivity (Wildman–Crippen MR) is 74.2 cm³/mol. The van der Waals surface area contributed by atoms with Gasteiger partial charge in [0.2, 0.25) is 5.91 Å². The highest BCUT2D eigenvalue weighted by Crippen LogP contribution is 2.11. The summed E-state index contributed by atoms with van der Waals surface area (Å²) in [5, 5.41) is 2.91. The number of H-pyrrole nitrogens is 1. The van der Waals surface area contributed by atoms with Crippen molar-refractivity contribution in [1.82, 2.24) is 10.3 Å². The number of nitrogens with one attached hydrogen (secondary N) is 2. The summed E-state index contributed by atoms with van der Waals surface area (Å²) in [5.74, 6) is 0.885. The van der Waals surface area contributed by atoms with Gasteiger partial charge < -0.3 is 15.0 Å². The van der Waals surface area contributed by atoms with E-state index in [0.29, 0.717) is 13.0 Å². The Morgan fingerprint density at radius 1 is 1.26 bits per heavy atom. The monoisotopic (exact) mass is 258 g/mol. The van der Waals surface area contributed by atoms with E-state index in [1.807, 2.05) is 42.6 Å². The molecule has 0 aliphatic heterocycles. The van der Waals surface area contributed by atoms with Crippen LogP contribution in [0, 0.1) is 0 Å². The lowest BCUT2D eigenvalue weighted by Crippen LogP contribution is -2.27. The van der Waals surface area contributed by atoms with Gasteiger partial charge in [-0.05, 0) is 36.2 Å². The van der Waals surface area contributed by atoms with E-state index < -0.39 is 0 Å². The topological polar surface area (TPSA) is 54.1 Å². The molecule has 1 amide bonds. The van der Waals surface area contributed by atoms with Gasteiger partial charge in [0.05, 0.1) is 13.5 Å². The molecule has 4 nitrogen and oxygen atoms in total. The van der Waals surface area contributed by atoms with Gasteiger partial charge in [0.15, 0.2) is 0 Å². The Bertz CT molecular complexity index is 503. The number of hydrogen-bond acceptors (Lipinski definition) is 2. The standard InChI is InChI=1S/C15H18N2O2/c1-19-14-6-4-12(5-7-14)8-10-17-15(18)11-13-3-2-9-16-13/h2-7,9,16H,8,10-11H2,1H3,(H,17,18). The van der Waals surface area contributed by atoms with Gasteiger partial charge in [-0.2, -0.15) is 0 Å². The highest BCUT2D eigenvalue weighted by Gasteiger charge is 2.03. The van der Waals surface area contributed by atoms with E-state index in [1.54, 1.807) is 7.11 Å². The summed E-state index contributed by atoms with van der Waals surface area (Å²) >= 11 is 0. The molecule has 100 valence electrons. The van der Waals surface area contributed by atoms with Gasteiger partial charge in [-0.25, -0.2) is 0 Å². The molecule has 1 aromatic heterocycles. The van der Waals surface area contributed by atoms with Crippen LogP contribution in [0.1, 0.15) is 11.3 Å². The molecule has 0 atom stereocenters. The SMILES string of the molecule is COc1ccc(CCNC(=O)Cc2ccc[nH]2)cc1. The Labute approximate surface area is 112 Å². The van der Waals surface area contributed by atoms with Crippen LogP contribution in [0.3, 0.4) is 0 Å². The maximum Gasteiger partial charge on any atom is 0.225 e. The van der Waals surface area contributed by atoms with E-state index in [2.05, 4.69) is 10.3 Å². The van der Waals surface area contributed by atoms with Crippen molar-refractivity contribution < 1.29 is 9.53 Å². The number of aromatic nitrogens is 1. The van der Waals surface area contributed by atoms with Gasteiger partial charge in [0, 0.05) is 18.4 Å². The third-order valence-electron chi connectivity index (χ3n) is 2.91. The van der Waals surface area contributed by atoms with Gasteiger partial charge in [-0.1, -0.05) is 12.1 Å². The fraction of sp³-hybridized carbons (Fsp3) is 0.267. The minimum absolute atomic E-state index is 0.0379. The van der Waals surface area contributed by atoms with Crippen molar-refractivity contribution >= 4 is 5.91 Å². The minimum Gasteiger partial charge on any atom is -0.497 e. The van der Waals surface area contributed by atoms with Crippen LogP contribution in [-0.2, 0) is 17.6 Å². The minimum atomic E-state index is 0.0379. The third kappa shape index (κ3) is 4.17. The molecule has 2 rings (SSSR count). The molecule has 0 aliphatic carbocycles. The summed E-state index contributed by atoms with van der Waals surface area (Å²) < 4.78 is 5.10. The van der Waals surface area contributed by atoms with Gasteiger partial charge in [-0.3, -0.25) is 4.79 Å². The predicted octanol–water partition coefficient (Wildman–Crippen LogP) is 1.92. The van der Waals surface area contributed by atoms with Gasteiger partial charge in [-0.15, -0.1) is 0 Å². The van der Waals surface area contributed by atoms with Crippen molar-refractivity contribution in [2.45, 2.75) is 12.8 Å². The number of carbonyl (C=O) groups is 1. The maximum atomic E-state index is 11.6. The lowest BCUT2D eigenvalue weighted by atomic mass is 10.1. The molecule has 0 bridgehead atoms. The number of amides is 1. The van der Waals surface area contributed by atoms with E-state index in [1.165, 1.54) is 5.56 Å². The van der Waals surface area contributed by atoms with Crippen molar-refractivity contribution in [2.24, 2.45) is 0 Å². The lowest BCUT2D eigenvalue weighted by Gasteiger charge is -2.05. The molecule has 4 heteroatoms. The van der Waals surface area contributed by atoms with Crippen molar-refractivity contribution in [3.63, 3.8) is 0 Å². The molecule has 0 aliphatic rings. The van der Waals surface area contributed by atoms with Crippen LogP contribution in [0.4, 0.5) is 0 Å². The van der Waals surface area contributed by atoms with Crippen LogP contribution < -0.4 is 10.1 Å². The normalized spacial score (nSPS) is 10.2. The largest absolute Gasteiger partial charge is 0.497 e. The first-order valence-electron chi connectivity index (χ1n) is 6.30. The molecule has 0 unspecified atom stereocenters. The van der Waals surface area contributed by atoms with Crippen LogP contribution in [0.5, 0.6) is 5.75 Å². The number of ether oxygens (including phenoxy) is 1. The number of carbonyl (C=O) groups excluding carboxylic acids is 1. The Hall–Kier alpha value is -2.23. The van der Waals surface area contributed by atoms with E-state index in [-0.39, 0.29) is 5.91 Å². The van der Waals surface area contributed by atoms with E-state index in [0.717, 1.165) is 17.9 Å². The van der Waals surface area contributed by atoms with Crippen LogP contribution in [-0.4, -0.2) is 24.5 Å². The Morgan fingerprint density at radius 3 is 2.68 bits per heavy atom. The Balaban J connectivity index is 1.72. The van der Waals surface area contributed by atoms with Crippen LogP contribution in [0.15, 0.2) is 42.6 Å². The second-order valence-electron chi connectivity index (χ2n) is 4.32. The number of hydrogen-bond donors (Lipinski definition) is 2. The van der Waals surface area contributed by atoms with Crippen molar-refractivity contribution in [1.29, 1.82) is 0 Å². The average Bonchev–Trinajstić information content (AvgIpc) is 2.92. The van der Waals surface area contributed by atoms with Crippen molar-refractivity contribution in [2.75, 3.05) is 13.7 Å². The summed E-state index contributed by atoms with van der Waals surface area (Å²) in [6.45, 7) is 0.645. The van der Waals surface area contributed by atoms with Gasteiger partial charge in [0.25, 0.3) is 0 Å².